The Morgan fingerprint density at radius 3 is 2.74 bits per heavy atom. The molecule has 0 atom stereocenters. The lowest BCUT2D eigenvalue weighted by Gasteiger charge is -2.26. The molecule has 0 amide bonds. The number of benzene rings is 1. The Kier molecular flexibility index (Phi) is 4.72. The van der Waals surface area contributed by atoms with Gasteiger partial charge in [0.25, 0.3) is 0 Å². The molecule has 1 aromatic carbocycles. The topological polar surface area (TPSA) is 81.6 Å². The second-order valence-electron chi connectivity index (χ2n) is 4.93. The van der Waals surface area contributed by atoms with Gasteiger partial charge in [0.15, 0.2) is 5.82 Å². The molecule has 122 valence electrons. The summed E-state index contributed by atoms with van der Waals surface area (Å²) in [5.41, 5.74) is 0.750. The lowest BCUT2D eigenvalue weighted by Crippen LogP contribution is -2.37. The van der Waals surface area contributed by atoms with E-state index in [9.17, 15) is 0 Å². The molecular weight excluding hydrogens is 298 g/mol. The van der Waals surface area contributed by atoms with E-state index in [-0.39, 0.29) is 0 Å². The molecule has 1 fully saturated rings. The zero-order valence-electron chi connectivity index (χ0n) is 13.2. The average Bonchev–Trinajstić information content (AvgIpc) is 2.62. The minimum atomic E-state index is 0.583. The average molecular weight is 317 g/mol. The number of morpholine rings is 1. The quantitative estimate of drug-likeness (QED) is 0.888. The fraction of sp³-hybridized carbons (Fsp3) is 0.400. The maximum Gasteiger partial charge on any atom is 0.247 e. The molecule has 0 saturated carbocycles. The number of nitrogens with zero attached hydrogens (tertiary/aromatic N) is 4. The van der Waals surface area contributed by atoms with E-state index in [1.165, 1.54) is 0 Å². The SMILES string of the molecule is COc1ccc(OC)c(Nc2cnnc(N3CCOCC3)n2)c1. The highest BCUT2D eigenvalue weighted by Gasteiger charge is 2.15. The number of anilines is 3. The highest BCUT2D eigenvalue weighted by Crippen LogP contribution is 2.31. The van der Waals surface area contributed by atoms with Crippen LogP contribution in [0.2, 0.25) is 0 Å². The largest absolute Gasteiger partial charge is 0.497 e. The van der Waals surface area contributed by atoms with Crippen molar-refractivity contribution in [3.8, 4) is 11.5 Å². The van der Waals surface area contributed by atoms with Crippen molar-refractivity contribution in [1.29, 1.82) is 0 Å². The van der Waals surface area contributed by atoms with Gasteiger partial charge >= 0.3 is 0 Å². The second kappa shape index (κ2) is 7.10. The van der Waals surface area contributed by atoms with Crippen molar-refractivity contribution in [2.24, 2.45) is 0 Å². The first-order valence-corrected chi connectivity index (χ1v) is 7.31. The van der Waals surface area contributed by atoms with E-state index in [1.54, 1.807) is 20.4 Å². The molecule has 0 radical (unpaired) electrons. The van der Waals surface area contributed by atoms with Crippen LogP contribution < -0.4 is 19.7 Å². The minimum Gasteiger partial charge on any atom is -0.497 e. The molecular formula is C15H19N5O3. The summed E-state index contributed by atoms with van der Waals surface area (Å²) in [6.07, 6.45) is 1.57. The number of rotatable bonds is 5. The van der Waals surface area contributed by atoms with Gasteiger partial charge in [0.1, 0.15) is 11.5 Å². The van der Waals surface area contributed by atoms with Gasteiger partial charge in [0.2, 0.25) is 5.95 Å². The Hall–Kier alpha value is -2.61. The molecule has 0 unspecified atom stereocenters. The monoisotopic (exact) mass is 317 g/mol. The third kappa shape index (κ3) is 3.59. The van der Waals surface area contributed by atoms with Gasteiger partial charge in [-0.15, -0.1) is 5.10 Å². The van der Waals surface area contributed by atoms with Crippen molar-refractivity contribution >= 4 is 17.5 Å². The van der Waals surface area contributed by atoms with Gasteiger partial charge in [0.05, 0.1) is 39.3 Å². The van der Waals surface area contributed by atoms with Crippen molar-refractivity contribution in [2.45, 2.75) is 0 Å². The summed E-state index contributed by atoms with van der Waals surface area (Å²) in [5, 5.41) is 11.3. The molecule has 0 bridgehead atoms. The molecule has 1 saturated heterocycles. The Labute approximate surface area is 134 Å². The van der Waals surface area contributed by atoms with Crippen molar-refractivity contribution in [2.75, 3.05) is 50.7 Å². The van der Waals surface area contributed by atoms with Gasteiger partial charge < -0.3 is 24.4 Å². The number of nitrogens with one attached hydrogen (secondary N) is 1. The fourth-order valence-electron chi connectivity index (χ4n) is 2.30. The fourth-order valence-corrected chi connectivity index (χ4v) is 2.30. The molecule has 1 aliphatic heterocycles. The summed E-state index contributed by atoms with van der Waals surface area (Å²) in [5.74, 6) is 2.59. The van der Waals surface area contributed by atoms with Gasteiger partial charge in [-0.05, 0) is 12.1 Å². The van der Waals surface area contributed by atoms with Crippen molar-refractivity contribution in [3.05, 3.63) is 24.4 Å². The molecule has 1 N–H and O–H groups in total. The van der Waals surface area contributed by atoms with Crippen LogP contribution in [-0.4, -0.2) is 55.7 Å². The van der Waals surface area contributed by atoms with Crippen LogP contribution in [0.15, 0.2) is 24.4 Å². The Balaban J connectivity index is 1.82. The molecule has 3 rings (SSSR count). The number of aromatic nitrogens is 3. The Bertz CT molecular complexity index is 661. The van der Waals surface area contributed by atoms with Gasteiger partial charge in [-0.25, -0.2) is 0 Å². The zero-order valence-corrected chi connectivity index (χ0v) is 13.2. The summed E-state index contributed by atoms with van der Waals surface area (Å²) in [6, 6.07) is 5.51. The maximum atomic E-state index is 5.35. The highest BCUT2D eigenvalue weighted by molar-refractivity contribution is 5.66. The Morgan fingerprint density at radius 2 is 2.00 bits per heavy atom. The van der Waals surface area contributed by atoms with Crippen LogP contribution in [0.3, 0.4) is 0 Å². The van der Waals surface area contributed by atoms with Crippen LogP contribution in [-0.2, 0) is 4.74 Å². The van der Waals surface area contributed by atoms with E-state index >= 15 is 0 Å². The number of ether oxygens (including phenoxy) is 3. The Morgan fingerprint density at radius 1 is 1.17 bits per heavy atom. The highest BCUT2D eigenvalue weighted by atomic mass is 16.5. The first kappa shape index (κ1) is 15.3. The van der Waals surface area contributed by atoms with Crippen LogP contribution in [0.25, 0.3) is 0 Å². The molecule has 2 heterocycles. The van der Waals surface area contributed by atoms with E-state index in [0.717, 1.165) is 24.5 Å². The summed E-state index contributed by atoms with van der Waals surface area (Å²) in [6.45, 7) is 2.86. The normalized spacial score (nSPS) is 14.4. The number of hydrogen-bond acceptors (Lipinski definition) is 8. The zero-order chi connectivity index (χ0) is 16.1. The van der Waals surface area contributed by atoms with Gasteiger partial charge in [-0.1, -0.05) is 0 Å². The van der Waals surface area contributed by atoms with E-state index in [1.807, 2.05) is 23.1 Å². The molecule has 1 aliphatic rings. The van der Waals surface area contributed by atoms with Gasteiger partial charge in [-0.2, -0.15) is 10.1 Å². The van der Waals surface area contributed by atoms with E-state index in [0.29, 0.717) is 30.7 Å². The van der Waals surface area contributed by atoms with Gasteiger partial charge in [-0.3, -0.25) is 0 Å². The van der Waals surface area contributed by atoms with E-state index in [4.69, 9.17) is 14.2 Å². The first-order valence-electron chi connectivity index (χ1n) is 7.31. The van der Waals surface area contributed by atoms with E-state index in [2.05, 4.69) is 20.5 Å². The number of methoxy groups -OCH3 is 2. The second-order valence-corrected chi connectivity index (χ2v) is 4.93. The molecule has 8 heteroatoms. The first-order chi connectivity index (χ1) is 11.3. The van der Waals surface area contributed by atoms with E-state index < -0.39 is 0 Å². The molecule has 8 nitrogen and oxygen atoms in total. The predicted molar refractivity (Wildman–Crippen MR) is 85.7 cm³/mol. The third-order valence-corrected chi connectivity index (χ3v) is 3.51. The third-order valence-electron chi connectivity index (χ3n) is 3.51. The van der Waals surface area contributed by atoms with Crippen LogP contribution >= 0.6 is 0 Å². The number of hydrogen-bond donors (Lipinski definition) is 1. The standard InChI is InChI=1S/C15H19N5O3/c1-21-11-3-4-13(22-2)12(9-11)17-14-10-16-19-15(18-14)20-5-7-23-8-6-20/h3-4,9-10H,5-8H2,1-2H3,(H,17,18,19). The van der Waals surface area contributed by atoms with Crippen LogP contribution in [0.1, 0.15) is 0 Å². The molecule has 0 aliphatic carbocycles. The molecule has 0 spiro atoms. The summed E-state index contributed by atoms with van der Waals surface area (Å²) < 4.78 is 15.9. The summed E-state index contributed by atoms with van der Waals surface area (Å²) in [7, 11) is 3.23. The molecule has 23 heavy (non-hydrogen) atoms. The minimum absolute atomic E-state index is 0.583. The van der Waals surface area contributed by atoms with Gasteiger partial charge in [0, 0.05) is 19.2 Å². The summed E-state index contributed by atoms with van der Waals surface area (Å²) >= 11 is 0. The predicted octanol–water partition coefficient (Wildman–Crippen LogP) is 1.47. The van der Waals surface area contributed by atoms with Crippen LogP contribution in [0.4, 0.5) is 17.5 Å². The van der Waals surface area contributed by atoms with Crippen molar-refractivity contribution < 1.29 is 14.2 Å². The van der Waals surface area contributed by atoms with Crippen molar-refractivity contribution in [1.82, 2.24) is 15.2 Å². The summed E-state index contributed by atoms with van der Waals surface area (Å²) in [4.78, 5) is 6.56. The lowest BCUT2D eigenvalue weighted by atomic mass is 10.2. The van der Waals surface area contributed by atoms with Crippen LogP contribution in [0.5, 0.6) is 11.5 Å². The maximum absolute atomic E-state index is 5.35. The van der Waals surface area contributed by atoms with Crippen molar-refractivity contribution in [3.63, 3.8) is 0 Å². The molecule has 2 aromatic rings. The van der Waals surface area contributed by atoms with Crippen LogP contribution in [0, 0.1) is 0 Å². The molecule has 1 aromatic heterocycles. The lowest BCUT2D eigenvalue weighted by molar-refractivity contribution is 0.122. The smallest absolute Gasteiger partial charge is 0.247 e.